The highest BCUT2D eigenvalue weighted by atomic mass is 16.7. The first kappa shape index (κ1) is 13.0. The molecular weight excluding hydrogens is 224 g/mol. The highest BCUT2D eigenvalue weighted by molar-refractivity contribution is 6.45. The van der Waals surface area contributed by atoms with Crippen LogP contribution in [0, 0.1) is 11.3 Å². The number of nitrogens with one attached hydrogen (secondary N) is 1. The summed E-state index contributed by atoms with van der Waals surface area (Å²) in [5.41, 5.74) is 0.0583. The Hall–Kier alpha value is -2.10. The van der Waals surface area contributed by atoms with Gasteiger partial charge in [0.05, 0.1) is 12.3 Å². The van der Waals surface area contributed by atoms with Crippen LogP contribution in [0.1, 0.15) is 20.3 Å². The van der Waals surface area contributed by atoms with E-state index in [1.54, 1.807) is 6.07 Å². The molecule has 1 N–H and O–H groups in total. The molecule has 0 saturated heterocycles. The summed E-state index contributed by atoms with van der Waals surface area (Å²) >= 11 is 0. The largest absolute Gasteiger partial charge is 0.398 e. The molecule has 0 atom stereocenters. The van der Waals surface area contributed by atoms with Crippen LogP contribution in [-0.2, 0) is 14.5 Å². The van der Waals surface area contributed by atoms with Gasteiger partial charge < -0.3 is 15.0 Å². The Morgan fingerprint density at radius 2 is 2.47 bits per heavy atom. The number of carbonyl (C=O) groups excluding carboxylic acids is 1. The van der Waals surface area contributed by atoms with E-state index >= 15 is 0 Å². The number of hydrogen-bond acceptors (Lipinski definition) is 6. The number of nitriles is 1. The molecule has 0 aliphatic carbocycles. The average molecular weight is 238 g/mol. The fourth-order valence-electron chi connectivity index (χ4n) is 1.31. The lowest BCUT2D eigenvalue weighted by molar-refractivity contribution is -0.114. The van der Waals surface area contributed by atoms with E-state index in [9.17, 15) is 4.79 Å². The summed E-state index contributed by atoms with van der Waals surface area (Å²) in [6, 6.07) is 1.64. The van der Waals surface area contributed by atoms with Crippen molar-refractivity contribution < 1.29 is 14.5 Å². The minimum atomic E-state index is -0.596. The summed E-state index contributed by atoms with van der Waals surface area (Å²) in [6.07, 6.45) is 0.636. The monoisotopic (exact) mass is 238 g/mol. The molecule has 0 unspecified atom stereocenters. The molecule has 0 saturated carbocycles. The SMILES string of the molecule is CO/N=C(\C#N)C(=O)NCC1=NOC(C)(C)C1. The third kappa shape index (κ3) is 3.75. The average Bonchev–Trinajstić information content (AvgIpc) is 2.62. The Bertz CT molecular complexity index is 406. The van der Waals surface area contributed by atoms with Crippen molar-refractivity contribution in [1.29, 1.82) is 5.26 Å². The number of nitrogens with zero attached hydrogens (tertiary/aromatic N) is 3. The molecule has 1 amide bonds. The molecular formula is C10H14N4O3. The second-order valence-electron chi connectivity index (χ2n) is 4.10. The van der Waals surface area contributed by atoms with E-state index in [4.69, 9.17) is 10.1 Å². The third-order valence-corrected chi connectivity index (χ3v) is 2.01. The quantitative estimate of drug-likeness (QED) is 0.558. The van der Waals surface area contributed by atoms with Gasteiger partial charge >= 0.3 is 0 Å². The van der Waals surface area contributed by atoms with Gasteiger partial charge in [0.1, 0.15) is 18.8 Å². The Morgan fingerprint density at radius 1 is 1.76 bits per heavy atom. The Kier molecular flexibility index (Phi) is 4.04. The summed E-state index contributed by atoms with van der Waals surface area (Å²) in [5.74, 6) is -0.596. The van der Waals surface area contributed by atoms with E-state index in [0.717, 1.165) is 5.71 Å². The molecule has 1 heterocycles. The van der Waals surface area contributed by atoms with Gasteiger partial charge in [-0.3, -0.25) is 4.79 Å². The van der Waals surface area contributed by atoms with Crippen LogP contribution in [0.15, 0.2) is 10.3 Å². The Labute approximate surface area is 99.0 Å². The maximum Gasteiger partial charge on any atom is 0.284 e. The van der Waals surface area contributed by atoms with Crippen LogP contribution in [0.5, 0.6) is 0 Å². The van der Waals surface area contributed by atoms with Gasteiger partial charge in [0.15, 0.2) is 0 Å². The Balaban J connectivity index is 2.45. The zero-order chi connectivity index (χ0) is 12.9. The summed E-state index contributed by atoms with van der Waals surface area (Å²) in [5, 5.41) is 18.3. The molecule has 7 heteroatoms. The predicted octanol–water partition coefficient (Wildman–Crippen LogP) is 0.183. The van der Waals surface area contributed by atoms with Crippen LogP contribution in [0.3, 0.4) is 0 Å². The van der Waals surface area contributed by atoms with Gasteiger partial charge in [-0.2, -0.15) is 5.26 Å². The van der Waals surface area contributed by atoms with Gasteiger partial charge in [-0.15, -0.1) is 0 Å². The fraction of sp³-hybridized carbons (Fsp3) is 0.600. The second-order valence-corrected chi connectivity index (χ2v) is 4.10. The van der Waals surface area contributed by atoms with Gasteiger partial charge in [0, 0.05) is 6.42 Å². The third-order valence-electron chi connectivity index (χ3n) is 2.01. The molecule has 0 aromatic carbocycles. The smallest absolute Gasteiger partial charge is 0.284 e. The molecule has 1 aliphatic rings. The van der Waals surface area contributed by atoms with Gasteiger partial charge in [0.25, 0.3) is 5.91 Å². The maximum atomic E-state index is 11.4. The van der Waals surface area contributed by atoms with Crippen LogP contribution in [-0.4, -0.2) is 36.6 Å². The van der Waals surface area contributed by atoms with Crippen LogP contribution in [0.4, 0.5) is 0 Å². The van der Waals surface area contributed by atoms with E-state index in [0.29, 0.717) is 6.42 Å². The number of amides is 1. The molecule has 1 rings (SSSR count). The molecule has 0 fully saturated rings. The molecule has 0 bridgehead atoms. The zero-order valence-corrected chi connectivity index (χ0v) is 9.98. The first-order valence-corrected chi connectivity index (χ1v) is 5.02. The molecule has 0 aromatic rings. The highest BCUT2D eigenvalue weighted by Gasteiger charge is 2.28. The van der Waals surface area contributed by atoms with Crippen LogP contribution in [0.2, 0.25) is 0 Å². The van der Waals surface area contributed by atoms with E-state index in [-0.39, 0.29) is 17.9 Å². The minimum Gasteiger partial charge on any atom is -0.398 e. The van der Waals surface area contributed by atoms with Crippen molar-refractivity contribution in [1.82, 2.24) is 5.32 Å². The van der Waals surface area contributed by atoms with Gasteiger partial charge in [-0.1, -0.05) is 10.3 Å². The normalized spacial score (nSPS) is 17.8. The summed E-state index contributed by atoms with van der Waals surface area (Å²) in [4.78, 5) is 20.9. The van der Waals surface area contributed by atoms with Crippen molar-refractivity contribution in [2.24, 2.45) is 10.3 Å². The molecule has 0 radical (unpaired) electrons. The minimum absolute atomic E-state index is 0.229. The fourth-order valence-corrected chi connectivity index (χ4v) is 1.31. The van der Waals surface area contributed by atoms with Crippen molar-refractivity contribution >= 4 is 17.3 Å². The van der Waals surface area contributed by atoms with Gasteiger partial charge in [-0.25, -0.2) is 0 Å². The van der Waals surface area contributed by atoms with Crippen LogP contribution >= 0.6 is 0 Å². The molecule has 7 nitrogen and oxygen atoms in total. The summed E-state index contributed by atoms with van der Waals surface area (Å²) in [6.45, 7) is 4.03. The molecule has 0 aromatic heterocycles. The van der Waals surface area contributed by atoms with Crippen molar-refractivity contribution in [3.63, 3.8) is 0 Å². The van der Waals surface area contributed by atoms with Crippen molar-refractivity contribution in [3.05, 3.63) is 0 Å². The lowest BCUT2D eigenvalue weighted by atomic mass is 10.0. The number of oxime groups is 2. The zero-order valence-electron chi connectivity index (χ0n) is 9.98. The topological polar surface area (TPSA) is 96.1 Å². The van der Waals surface area contributed by atoms with E-state index in [1.165, 1.54) is 7.11 Å². The van der Waals surface area contributed by atoms with Crippen LogP contribution in [0.25, 0.3) is 0 Å². The maximum absolute atomic E-state index is 11.4. The highest BCUT2D eigenvalue weighted by Crippen LogP contribution is 2.21. The summed E-state index contributed by atoms with van der Waals surface area (Å²) < 4.78 is 0. The van der Waals surface area contributed by atoms with Gasteiger partial charge in [0.2, 0.25) is 5.71 Å². The van der Waals surface area contributed by atoms with Crippen molar-refractivity contribution in [3.8, 4) is 6.07 Å². The first-order valence-electron chi connectivity index (χ1n) is 5.02. The lowest BCUT2D eigenvalue weighted by Gasteiger charge is -2.13. The standard InChI is InChI=1S/C10H14N4O3/c1-10(2)4-7(13-17-10)6-12-9(15)8(5-11)14-16-3/h4,6H2,1-3H3,(H,12,15)/b14-8+. The van der Waals surface area contributed by atoms with Crippen molar-refractivity contribution in [2.75, 3.05) is 13.7 Å². The van der Waals surface area contributed by atoms with Crippen LogP contribution < -0.4 is 5.32 Å². The number of rotatable bonds is 4. The number of hydrogen-bond donors (Lipinski definition) is 1. The molecule has 0 spiro atoms. The predicted molar refractivity (Wildman–Crippen MR) is 60.3 cm³/mol. The Morgan fingerprint density at radius 3 is 2.94 bits per heavy atom. The molecule has 1 aliphatic heterocycles. The molecule has 17 heavy (non-hydrogen) atoms. The number of carbonyl (C=O) groups is 1. The van der Waals surface area contributed by atoms with Gasteiger partial charge in [-0.05, 0) is 13.8 Å². The van der Waals surface area contributed by atoms with Crippen molar-refractivity contribution in [2.45, 2.75) is 25.9 Å². The lowest BCUT2D eigenvalue weighted by Crippen LogP contribution is -2.35. The first-order chi connectivity index (χ1) is 7.98. The summed E-state index contributed by atoms with van der Waals surface area (Å²) in [7, 11) is 1.27. The van der Waals surface area contributed by atoms with E-state index in [1.807, 2.05) is 13.8 Å². The van der Waals surface area contributed by atoms with E-state index in [2.05, 4.69) is 20.5 Å². The van der Waals surface area contributed by atoms with E-state index < -0.39 is 5.91 Å². The second kappa shape index (κ2) is 5.30. The molecule has 92 valence electrons.